The molecule has 0 radical (unpaired) electrons. The molecule has 7 heteroatoms. The molecule has 0 aliphatic heterocycles. The van der Waals surface area contributed by atoms with Crippen molar-refractivity contribution in [3.63, 3.8) is 0 Å². The minimum Gasteiger partial charge on any atom is -0.465 e. The van der Waals surface area contributed by atoms with E-state index in [1.807, 2.05) is 69.5 Å². The number of rotatable bonds is 6. The quantitative estimate of drug-likeness (QED) is 0.215. The fourth-order valence-electron chi connectivity index (χ4n) is 5.21. The average Bonchev–Trinajstić information content (AvgIpc) is 3.43. The predicted molar refractivity (Wildman–Crippen MR) is 154 cm³/mol. The molecule has 0 atom stereocenters. The Bertz CT molecular complexity index is 1550. The van der Waals surface area contributed by atoms with Crippen LogP contribution in [0.4, 0.5) is 10.7 Å². The largest absolute Gasteiger partial charge is 0.465 e. The van der Waals surface area contributed by atoms with E-state index < -0.39 is 0 Å². The van der Waals surface area contributed by atoms with Gasteiger partial charge in [-0.1, -0.05) is 24.3 Å². The van der Waals surface area contributed by atoms with Crippen LogP contribution in [0.25, 0.3) is 5.69 Å². The standard InChI is InChI=1S/C31H31N3O3S/c1-19-17-22(21(3)34(19)26-15-10-14-24(20(26)2)31(36)37-4)18-32-30-28(25-13-8-9-16-27(25)38-30)29(35)33-23-11-6-5-7-12-23/h5-7,10-12,14-15,17-18H,8-9,13,16H2,1-4H3,(H,33,35). The predicted octanol–water partition coefficient (Wildman–Crippen LogP) is 7.13. The van der Waals surface area contributed by atoms with E-state index in [2.05, 4.69) is 16.0 Å². The van der Waals surface area contributed by atoms with Gasteiger partial charge in [-0.15, -0.1) is 11.3 Å². The molecule has 2 heterocycles. The van der Waals surface area contributed by atoms with Crippen LogP contribution in [0.2, 0.25) is 0 Å². The topological polar surface area (TPSA) is 72.7 Å². The van der Waals surface area contributed by atoms with Gasteiger partial charge in [-0.2, -0.15) is 0 Å². The summed E-state index contributed by atoms with van der Waals surface area (Å²) >= 11 is 1.63. The van der Waals surface area contributed by atoms with Gasteiger partial charge in [-0.05, 0) is 87.9 Å². The van der Waals surface area contributed by atoms with E-state index >= 15 is 0 Å². The van der Waals surface area contributed by atoms with Crippen LogP contribution in [0.3, 0.4) is 0 Å². The fourth-order valence-corrected chi connectivity index (χ4v) is 6.44. The normalized spacial score (nSPS) is 12.9. The number of aromatic nitrogens is 1. The van der Waals surface area contributed by atoms with E-state index in [4.69, 9.17) is 9.73 Å². The summed E-state index contributed by atoms with van der Waals surface area (Å²) < 4.78 is 7.09. The maximum Gasteiger partial charge on any atom is 0.338 e. The third kappa shape index (κ3) is 4.82. The second-order valence-corrected chi connectivity index (χ2v) is 10.7. The smallest absolute Gasteiger partial charge is 0.338 e. The number of amides is 1. The molecule has 38 heavy (non-hydrogen) atoms. The number of anilines is 1. The molecule has 0 unspecified atom stereocenters. The summed E-state index contributed by atoms with van der Waals surface area (Å²) in [6.07, 6.45) is 5.98. The number of hydrogen-bond donors (Lipinski definition) is 1. The number of aryl methyl sites for hydroxylation is 2. The van der Waals surface area contributed by atoms with Crippen LogP contribution in [-0.4, -0.2) is 29.8 Å². The van der Waals surface area contributed by atoms with E-state index in [9.17, 15) is 9.59 Å². The van der Waals surface area contributed by atoms with Crippen LogP contribution >= 0.6 is 11.3 Å². The first-order valence-electron chi connectivity index (χ1n) is 12.8. The number of esters is 1. The van der Waals surface area contributed by atoms with E-state index in [1.54, 1.807) is 17.4 Å². The summed E-state index contributed by atoms with van der Waals surface area (Å²) in [6, 6.07) is 17.3. The molecular formula is C31H31N3O3S. The van der Waals surface area contributed by atoms with Gasteiger partial charge in [-0.25, -0.2) is 9.79 Å². The zero-order valence-corrected chi connectivity index (χ0v) is 22.9. The number of nitrogens with one attached hydrogen (secondary N) is 1. The molecule has 1 N–H and O–H groups in total. The van der Waals surface area contributed by atoms with Gasteiger partial charge in [0.15, 0.2) is 0 Å². The van der Waals surface area contributed by atoms with Crippen LogP contribution in [0.1, 0.15) is 66.5 Å². The Morgan fingerprint density at radius 3 is 2.55 bits per heavy atom. The highest BCUT2D eigenvalue weighted by atomic mass is 32.1. The van der Waals surface area contributed by atoms with Gasteiger partial charge in [0.25, 0.3) is 5.91 Å². The molecule has 194 valence electrons. The molecule has 2 aromatic heterocycles. The number of methoxy groups -OCH3 is 1. The Balaban J connectivity index is 1.51. The highest BCUT2D eigenvalue weighted by Crippen LogP contribution is 2.40. The maximum absolute atomic E-state index is 13.4. The summed E-state index contributed by atoms with van der Waals surface area (Å²) in [5, 5.41) is 3.81. The van der Waals surface area contributed by atoms with Crippen molar-refractivity contribution >= 4 is 40.1 Å². The van der Waals surface area contributed by atoms with E-state index in [1.165, 1.54) is 12.0 Å². The number of nitrogens with zero attached hydrogens (tertiary/aromatic N) is 2. The lowest BCUT2D eigenvalue weighted by Crippen LogP contribution is -2.14. The van der Waals surface area contributed by atoms with Crippen molar-refractivity contribution in [1.82, 2.24) is 4.57 Å². The number of ether oxygens (including phenoxy) is 1. The van der Waals surface area contributed by atoms with Gasteiger partial charge in [0.05, 0.1) is 18.2 Å². The van der Waals surface area contributed by atoms with E-state index in [0.717, 1.165) is 70.1 Å². The summed E-state index contributed by atoms with van der Waals surface area (Å²) in [5.41, 5.74) is 7.94. The summed E-state index contributed by atoms with van der Waals surface area (Å²) in [5.74, 6) is -0.458. The monoisotopic (exact) mass is 525 g/mol. The lowest BCUT2D eigenvalue weighted by molar-refractivity contribution is 0.0599. The zero-order valence-electron chi connectivity index (χ0n) is 22.1. The van der Waals surface area contributed by atoms with Gasteiger partial charge in [0.2, 0.25) is 0 Å². The molecule has 6 nitrogen and oxygen atoms in total. The zero-order chi connectivity index (χ0) is 26.8. The van der Waals surface area contributed by atoms with Crippen LogP contribution in [0.5, 0.6) is 0 Å². The first-order valence-corrected chi connectivity index (χ1v) is 13.6. The van der Waals surface area contributed by atoms with Crippen molar-refractivity contribution < 1.29 is 14.3 Å². The summed E-state index contributed by atoms with van der Waals surface area (Å²) in [4.78, 5) is 31.8. The fraction of sp³-hybridized carbons (Fsp3) is 0.258. The second-order valence-electron chi connectivity index (χ2n) is 9.57. The Morgan fingerprint density at radius 1 is 1.03 bits per heavy atom. The number of fused-ring (bicyclic) bond motifs is 1. The average molecular weight is 526 g/mol. The van der Waals surface area contributed by atoms with Crippen LogP contribution < -0.4 is 5.32 Å². The van der Waals surface area contributed by atoms with Gasteiger partial charge in [-0.3, -0.25) is 4.79 Å². The van der Waals surface area contributed by atoms with Crippen LogP contribution in [0, 0.1) is 20.8 Å². The Hall–Kier alpha value is -3.97. The number of benzene rings is 2. The Kier molecular flexibility index (Phi) is 7.29. The third-order valence-corrected chi connectivity index (χ3v) is 8.35. The highest BCUT2D eigenvalue weighted by molar-refractivity contribution is 7.16. The van der Waals surface area contributed by atoms with Crippen LogP contribution in [-0.2, 0) is 17.6 Å². The molecule has 0 saturated carbocycles. The number of carbonyl (C=O) groups excluding carboxylic acids is 2. The summed E-state index contributed by atoms with van der Waals surface area (Å²) in [7, 11) is 1.39. The molecule has 5 rings (SSSR count). The number of carbonyl (C=O) groups is 2. The Labute approximate surface area is 227 Å². The van der Waals surface area contributed by atoms with Crippen molar-refractivity contribution in [3.05, 3.63) is 98.7 Å². The number of hydrogen-bond acceptors (Lipinski definition) is 5. The lowest BCUT2D eigenvalue weighted by Gasteiger charge is -2.15. The molecule has 2 aromatic carbocycles. The molecule has 0 fully saturated rings. The molecule has 0 bridgehead atoms. The minimum atomic E-state index is -0.350. The lowest BCUT2D eigenvalue weighted by atomic mass is 9.95. The first-order chi connectivity index (χ1) is 18.4. The van der Waals surface area contributed by atoms with E-state index in [0.29, 0.717) is 11.1 Å². The Morgan fingerprint density at radius 2 is 1.79 bits per heavy atom. The molecule has 0 spiro atoms. The second kappa shape index (κ2) is 10.8. The first kappa shape index (κ1) is 25.7. The van der Waals surface area contributed by atoms with E-state index in [-0.39, 0.29) is 11.9 Å². The van der Waals surface area contributed by atoms with Crippen molar-refractivity contribution in [2.24, 2.45) is 4.99 Å². The summed E-state index contributed by atoms with van der Waals surface area (Å²) in [6.45, 7) is 6.01. The third-order valence-electron chi connectivity index (χ3n) is 7.15. The van der Waals surface area contributed by atoms with Gasteiger partial charge in [0.1, 0.15) is 5.00 Å². The van der Waals surface area contributed by atoms with Crippen molar-refractivity contribution in [1.29, 1.82) is 0 Å². The van der Waals surface area contributed by atoms with Crippen molar-refractivity contribution in [2.45, 2.75) is 46.5 Å². The molecule has 0 saturated heterocycles. The van der Waals surface area contributed by atoms with Gasteiger partial charge >= 0.3 is 5.97 Å². The van der Waals surface area contributed by atoms with Gasteiger partial charge < -0.3 is 14.6 Å². The van der Waals surface area contributed by atoms with Crippen molar-refractivity contribution in [2.75, 3.05) is 12.4 Å². The number of aliphatic imine (C=N–C) groups is 1. The molecule has 1 aliphatic rings. The molecule has 4 aromatic rings. The minimum absolute atomic E-state index is 0.108. The maximum atomic E-state index is 13.4. The van der Waals surface area contributed by atoms with Crippen molar-refractivity contribution in [3.8, 4) is 5.69 Å². The highest BCUT2D eigenvalue weighted by Gasteiger charge is 2.25. The number of para-hydroxylation sites is 1. The molecule has 1 aliphatic carbocycles. The van der Waals surface area contributed by atoms with Crippen LogP contribution in [0.15, 0.2) is 59.6 Å². The van der Waals surface area contributed by atoms with Gasteiger partial charge in [0, 0.05) is 39.4 Å². The SMILES string of the molecule is COC(=O)c1cccc(-n2c(C)cc(C=Nc3sc4c(c3C(=O)Nc3ccccc3)CCCC4)c2C)c1C. The molecule has 1 amide bonds. The molecular weight excluding hydrogens is 494 g/mol. The number of thiophene rings is 1.